The third-order valence-electron chi connectivity index (χ3n) is 1.12. The summed E-state index contributed by atoms with van der Waals surface area (Å²) in [6.45, 7) is 4.89. The maximum absolute atomic E-state index is 11.1. The number of rotatable bonds is 5. The molecular formula is C8H10Cl2O4. The van der Waals surface area contributed by atoms with Gasteiger partial charge >= 0.3 is 16.3 Å². The van der Waals surface area contributed by atoms with Gasteiger partial charge in [-0.3, -0.25) is 0 Å². The molecule has 0 heterocycles. The van der Waals surface area contributed by atoms with Crippen molar-refractivity contribution in [3.63, 3.8) is 0 Å². The number of alkyl halides is 2. The van der Waals surface area contributed by atoms with Crippen molar-refractivity contribution in [1.82, 2.24) is 0 Å². The summed E-state index contributed by atoms with van der Waals surface area (Å²) < 4.78 is 6.67. The summed E-state index contributed by atoms with van der Waals surface area (Å²) in [7, 11) is 0. The van der Waals surface area contributed by atoms with E-state index in [-0.39, 0.29) is 13.2 Å². The zero-order chi connectivity index (χ0) is 11.2. The molecule has 0 aromatic heterocycles. The van der Waals surface area contributed by atoms with Gasteiger partial charge in [0.1, 0.15) is 6.61 Å². The van der Waals surface area contributed by atoms with E-state index < -0.39 is 16.3 Å². The molecule has 0 aliphatic heterocycles. The Labute approximate surface area is 91.8 Å². The Kier molecular flexibility index (Phi) is 5.57. The first-order chi connectivity index (χ1) is 6.46. The minimum Gasteiger partial charge on any atom is -0.463 e. The van der Waals surface area contributed by atoms with Crippen LogP contribution in [0.25, 0.3) is 0 Å². The molecule has 0 spiro atoms. The lowest BCUT2D eigenvalue weighted by atomic mass is 10.4. The van der Waals surface area contributed by atoms with Crippen LogP contribution in [0.2, 0.25) is 0 Å². The van der Waals surface area contributed by atoms with E-state index in [1.165, 1.54) is 6.08 Å². The SMILES string of the molecule is C=CCOC(=O)C(Cl)(Cl)C(=O)OCC. The Hall–Kier alpha value is -0.740. The maximum atomic E-state index is 11.1. The third-order valence-corrected chi connectivity index (χ3v) is 1.74. The van der Waals surface area contributed by atoms with Gasteiger partial charge in [0, 0.05) is 0 Å². The number of hydrogen-bond donors (Lipinski definition) is 0. The molecule has 0 unspecified atom stereocenters. The minimum absolute atomic E-state index is 0.0700. The number of hydrogen-bond acceptors (Lipinski definition) is 4. The maximum Gasteiger partial charge on any atom is 0.354 e. The molecule has 0 aromatic rings. The molecule has 0 amide bonds. The van der Waals surface area contributed by atoms with Crippen LogP contribution in [0.4, 0.5) is 0 Å². The van der Waals surface area contributed by atoms with E-state index in [4.69, 9.17) is 23.2 Å². The first kappa shape index (κ1) is 13.3. The standard InChI is InChI=1S/C8H10Cl2O4/c1-3-5-14-7(12)8(9,10)6(11)13-4-2/h3H,1,4-5H2,2H3. The highest BCUT2D eigenvalue weighted by Crippen LogP contribution is 2.24. The van der Waals surface area contributed by atoms with Crippen LogP contribution in [-0.2, 0) is 19.1 Å². The van der Waals surface area contributed by atoms with Crippen molar-refractivity contribution < 1.29 is 19.1 Å². The second-order valence-electron chi connectivity index (χ2n) is 2.18. The lowest BCUT2D eigenvalue weighted by Crippen LogP contribution is -2.38. The number of carbonyl (C=O) groups excluding carboxylic acids is 2. The Morgan fingerprint density at radius 3 is 2.29 bits per heavy atom. The second kappa shape index (κ2) is 5.88. The van der Waals surface area contributed by atoms with Crippen LogP contribution in [0.5, 0.6) is 0 Å². The van der Waals surface area contributed by atoms with Gasteiger partial charge in [0.25, 0.3) is 0 Å². The molecule has 0 bridgehead atoms. The highest BCUT2D eigenvalue weighted by molar-refractivity contribution is 6.66. The first-order valence-corrected chi connectivity index (χ1v) is 4.55. The van der Waals surface area contributed by atoms with Crippen molar-refractivity contribution in [2.45, 2.75) is 11.3 Å². The van der Waals surface area contributed by atoms with Gasteiger partial charge in [-0.05, 0) is 6.92 Å². The number of carbonyl (C=O) groups is 2. The van der Waals surface area contributed by atoms with Crippen molar-refractivity contribution in [2.75, 3.05) is 13.2 Å². The van der Waals surface area contributed by atoms with E-state index in [1.54, 1.807) is 6.92 Å². The van der Waals surface area contributed by atoms with Crippen molar-refractivity contribution in [2.24, 2.45) is 0 Å². The second-order valence-corrected chi connectivity index (χ2v) is 3.51. The molecule has 0 aliphatic carbocycles. The van der Waals surface area contributed by atoms with Crippen molar-refractivity contribution in [3.05, 3.63) is 12.7 Å². The molecule has 0 saturated carbocycles. The lowest BCUT2D eigenvalue weighted by Gasteiger charge is -2.15. The fraction of sp³-hybridized carbons (Fsp3) is 0.500. The topological polar surface area (TPSA) is 52.6 Å². The summed E-state index contributed by atoms with van der Waals surface area (Å²) in [5, 5.41) is 0. The molecule has 6 heteroatoms. The highest BCUT2D eigenvalue weighted by Gasteiger charge is 2.45. The summed E-state index contributed by atoms with van der Waals surface area (Å²) in [6.07, 6.45) is 1.33. The molecule has 14 heavy (non-hydrogen) atoms. The molecule has 0 radical (unpaired) electrons. The Bertz CT molecular complexity index is 237. The summed E-state index contributed by atoms with van der Waals surface area (Å²) in [5.41, 5.74) is 0. The summed E-state index contributed by atoms with van der Waals surface area (Å²) in [5.74, 6) is -2.11. The van der Waals surface area contributed by atoms with Crippen LogP contribution < -0.4 is 0 Å². The van der Waals surface area contributed by atoms with Gasteiger partial charge in [0.15, 0.2) is 0 Å². The van der Waals surface area contributed by atoms with Gasteiger partial charge in [-0.15, -0.1) is 0 Å². The summed E-state index contributed by atoms with van der Waals surface area (Å²) >= 11 is 10.9. The fourth-order valence-corrected chi connectivity index (χ4v) is 0.749. The highest BCUT2D eigenvalue weighted by atomic mass is 35.5. The van der Waals surface area contributed by atoms with Crippen LogP contribution in [0.3, 0.4) is 0 Å². The zero-order valence-electron chi connectivity index (χ0n) is 7.59. The van der Waals surface area contributed by atoms with Crippen LogP contribution in [0.15, 0.2) is 12.7 Å². The largest absolute Gasteiger partial charge is 0.463 e. The zero-order valence-corrected chi connectivity index (χ0v) is 9.10. The van der Waals surface area contributed by atoms with Gasteiger partial charge in [-0.25, -0.2) is 9.59 Å². The molecule has 0 fully saturated rings. The van der Waals surface area contributed by atoms with Crippen molar-refractivity contribution in [1.29, 1.82) is 0 Å². The van der Waals surface area contributed by atoms with Gasteiger partial charge in [-0.1, -0.05) is 35.9 Å². The normalized spacial score (nSPS) is 10.5. The van der Waals surface area contributed by atoms with Crippen LogP contribution in [-0.4, -0.2) is 29.5 Å². The molecule has 0 saturated heterocycles. The fourth-order valence-electron chi connectivity index (χ4n) is 0.530. The summed E-state index contributed by atoms with van der Waals surface area (Å²) in [4.78, 5) is 22.2. The van der Waals surface area contributed by atoms with Crippen LogP contribution >= 0.6 is 23.2 Å². The molecule has 0 rings (SSSR count). The Balaban J connectivity index is 4.35. The van der Waals surface area contributed by atoms with Gasteiger partial charge in [0.05, 0.1) is 6.61 Å². The van der Waals surface area contributed by atoms with Crippen molar-refractivity contribution >= 4 is 35.1 Å². The van der Waals surface area contributed by atoms with E-state index in [9.17, 15) is 9.59 Å². The smallest absolute Gasteiger partial charge is 0.354 e. The molecule has 0 atom stereocenters. The Morgan fingerprint density at radius 2 is 1.86 bits per heavy atom. The summed E-state index contributed by atoms with van der Waals surface area (Å²) in [6, 6.07) is 0. The molecule has 0 aliphatic rings. The van der Waals surface area contributed by atoms with Gasteiger partial charge in [-0.2, -0.15) is 0 Å². The minimum atomic E-state index is -2.31. The number of halogens is 2. The molecular weight excluding hydrogens is 231 g/mol. The number of ether oxygens (including phenoxy) is 2. The van der Waals surface area contributed by atoms with Crippen LogP contribution in [0, 0.1) is 0 Å². The molecule has 80 valence electrons. The predicted molar refractivity (Wildman–Crippen MR) is 52.2 cm³/mol. The molecule has 0 N–H and O–H groups in total. The van der Waals surface area contributed by atoms with E-state index in [0.717, 1.165) is 0 Å². The van der Waals surface area contributed by atoms with Gasteiger partial charge in [0.2, 0.25) is 0 Å². The Morgan fingerprint density at radius 1 is 1.36 bits per heavy atom. The van der Waals surface area contributed by atoms with E-state index in [2.05, 4.69) is 16.1 Å². The average Bonchev–Trinajstić information content (AvgIpc) is 2.14. The van der Waals surface area contributed by atoms with Gasteiger partial charge < -0.3 is 9.47 Å². The third kappa shape index (κ3) is 3.55. The molecule has 4 nitrogen and oxygen atoms in total. The monoisotopic (exact) mass is 240 g/mol. The molecule has 0 aromatic carbocycles. The van der Waals surface area contributed by atoms with E-state index >= 15 is 0 Å². The van der Waals surface area contributed by atoms with Crippen LogP contribution in [0.1, 0.15) is 6.92 Å². The predicted octanol–water partition coefficient (Wildman–Crippen LogP) is 1.45. The first-order valence-electron chi connectivity index (χ1n) is 3.80. The van der Waals surface area contributed by atoms with E-state index in [1.807, 2.05) is 0 Å². The average molecular weight is 241 g/mol. The quantitative estimate of drug-likeness (QED) is 0.316. The lowest BCUT2D eigenvalue weighted by molar-refractivity contribution is -0.154. The number of esters is 2. The van der Waals surface area contributed by atoms with Crippen molar-refractivity contribution in [3.8, 4) is 0 Å². The van der Waals surface area contributed by atoms with E-state index in [0.29, 0.717) is 0 Å².